The maximum atomic E-state index is 10.4. The van der Waals surface area contributed by atoms with Crippen molar-refractivity contribution < 1.29 is 5.11 Å². The highest BCUT2D eigenvalue weighted by atomic mass is 16.3. The van der Waals surface area contributed by atoms with Gasteiger partial charge in [-0.25, -0.2) is 0 Å². The largest absolute Gasteiger partial charge is 0.390 e. The minimum absolute atomic E-state index is 0.535. The Balaban J connectivity index is 2.66. The summed E-state index contributed by atoms with van der Waals surface area (Å²) in [7, 11) is 0. The van der Waals surface area contributed by atoms with E-state index in [0.29, 0.717) is 0 Å². The van der Waals surface area contributed by atoms with Crippen LogP contribution in [0.15, 0.2) is 24.5 Å². The van der Waals surface area contributed by atoms with Crippen LogP contribution in [0.25, 0.3) is 0 Å². The third-order valence-electron chi connectivity index (χ3n) is 2.69. The zero-order valence-electron chi connectivity index (χ0n) is 9.74. The lowest BCUT2D eigenvalue weighted by Crippen LogP contribution is -2.31. The Labute approximate surface area is 92.4 Å². The van der Waals surface area contributed by atoms with E-state index >= 15 is 0 Å². The number of aromatic nitrogens is 1. The molecule has 0 saturated carbocycles. The van der Waals surface area contributed by atoms with Gasteiger partial charge >= 0.3 is 0 Å². The standard InChI is InChI=1S/C13H21NO/c1-3-7-13(15,8-4-2)10-12-6-5-9-14-11-12/h5-6,9,11,15H,3-4,7-8,10H2,1-2H3. The minimum atomic E-state index is -0.535. The molecule has 1 rings (SSSR count). The minimum Gasteiger partial charge on any atom is -0.390 e. The molecule has 0 bridgehead atoms. The Morgan fingerprint density at radius 3 is 2.40 bits per heavy atom. The summed E-state index contributed by atoms with van der Waals surface area (Å²) in [4.78, 5) is 4.08. The van der Waals surface area contributed by atoms with Crippen LogP contribution in [-0.2, 0) is 6.42 Å². The molecule has 1 aromatic rings. The monoisotopic (exact) mass is 207 g/mol. The highest BCUT2D eigenvalue weighted by Gasteiger charge is 2.24. The third kappa shape index (κ3) is 4.00. The number of nitrogens with zero attached hydrogens (tertiary/aromatic N) is 1. The Morgan fingerprint density at radius 1 is 1.27 bits per heavy atom. The SMILES string of the molecule is CCCC(O)(CCC)Cc1cccnc1. The molecule has 2 heteroatoms. The van der Waals surface area contributed by atoms with Crippen molar-refractivity contribution in [1.82, 2.24) is 4.98 Å². The Morgan fingerprint density at radius 2 is 1.93 bits per heavy atom. The second-order valence-corrected chi connectivity index (χ2v) is 4.26. The Bertz CT molecular complexity index is 265. The zero-order chi connectivity index (χ0) is 11.1. The molecule has 0 amide bonds. The van der Waals surface area contributed by atoms with E-state index in [-0.39, 0.29) is 0 Å². The molecule has 0 spiro atoms. The van der Waals surface area contributed by atoms with Crippen molar-refractivity contribution in [1.29, 1.82) is 0 Å². The lowest BCUT2D eigenvalue weighted by atomic mass is 9.87. The van der Waals surface area contributed by atoms with Crippen LogP contribution < -0.4 is 0 Å². The van der Waals surface area contributed by atoms with Crippen molar-refractivity contribution in [3.05, 3.63) is 30.1 Å². The van der Waals surface area contributed by atoms with Crippen LogP contribution in [0.5, 0.6) is 0 Å². The summed E-state index contributed by atoms with van der Waals surface area (Å²) < 4.78 is 0. The Kier molecular flexibility index (Phi) is 4.76. The first-order valence-corrected chi connectivity index (χ1v) is 5.81. The van der Waals surface area contributed by atoms with Gasteiger partial charge in [0.05, 0.1) is 5.60 Å². The van der Waals surface area contributed by atoms with E-state index < -0.39 is 5.60 Å². The molecule has 1 N–H and O–H groups in total. The van der Waals surface area contributed by atoms with E-state index in [4.69, 9.17) is 0 Å². The van der Waals surface area contributed by atoms with Crippen LogP contribution in [-0.4, -0.2) is 15.7 Å². The van der Waals surface area contributed by atoms with Crippen LogP contribution in [0.1, 0.15) is 45.1 Å². The van der Waals surface area contributed by atoms with Gasteiger partial charge in [0.25, 0.3) is 0 Å². The molecule has 1 aromatic heterocycles. The molecular formula is C13H21NO. The summed E-state index contributed by atoms with van der Waals surface area (Å²) in [6.45, 7) is 4.23. The maximum absolute atomic E-state index is 10.4. The molecule has 0 unspecified atom stereocenters. The first kappa shape index (κ1) is 12.2. The van der Waals surface area contributed by atoms with Gasteiger partial charge < -0.3 is 5.11 Å². The quantitative estimate of drug-likeness (QED) is 0.778. The molecule has 0 aliphatic carbocycles. The molecule has 0 aliphatic rings. The topological polar surface area (TPSA) is 33.1 Å². The van der Waals surface area contributed by atoms with Gasteiger partial charge in [-0.1, -0.05) is 32.8 Å². The lowest BCUT2D eigenvalue weighted by Gasteiger charge is -2.27. The predicted molar refractivity (Wildman–Crippen MR) is 62.7 cm³/mol. The van der Waals surface area contributed by atoms with Crippen LogP contribution in [0, 0.1) is 0 Å². The Hall–Kier alpha value is -0.890. The molecule has 15 heavy (non-hydrogen) atoms. The summed E-state index contributed by atoms with van der Waals surface area (Å²) in [5.41, 5.74) is 0.592. The molecule has 0 atom stereocenters. The van der Waals surface area contributed by atoms with Gasteiger partial charge in [0, 0.05) is 18.8 Å². The summed E-state index contributed by atoms with van der Waals surface area (Å²) in [5, 5.41) is 10.4. The third-order valence-corrected chi connectivity index (χ3v) is 2.69. The molecule has 0 aromatic carbocycles. The normalized spacial score (nSPS) is 11.7. The lowest BCUT2D eigenvalue weighted by molar-refractivity contribution is 0.0215. The van der Waals surface area contributed by atoms with Gasteiger partial charge in [0.15, 0.2) is 0 Å². The average Bonchev–Trinajstić information content (AvgIpc) is 2.19. The fourth-order valence-corrected chi connectivity index (χ4v) is 2.12. The van der Waals surface area contributed by atoms with Crippen molar-refractivity contribution in [2.75, 3.05) is 0 Å². The maximum Gasteiger partial charge on any atom is 0.0688 e. The number of pyridine rings is 1. The molecule has 1 heterocycles. The van der Waals surface area contributed by atoms with E-state index in [9.17, 15) is 5.11 Å². The molecule has 0 aliphatic heterocycles. The van der Waals surface area contributed by atoms with E-state index in [1.165, 1.54) is 0 Å². The highest BCUT2D eigenvalue weighted by Crippen LogP contribution is 2.24. The second kappa shape index (κ2) is 5.86. The van der Waals surface area contributed by atoms with Crippen LogP contribution >= 0.6 is 0 Å². The van der Waals surface area contributed by atoms with Gasteiger partial charge in [-0.3, -0.25) is 4.98 Å². The smallest absolute Gasteiger partial charge is 0.0688 e. The molecule has 0 fully saturated rings. The van der Waals surface area contributed by atoms with Crippen LogP contribution in [0.4, 0.5) is 0 Å². The molecule has 2 nitrogen and oxygen atoms in total. The van der Waals surface area contributed by atoms with Crippen molar-refractivity contribution >= 4 is 0 Å². The molecular weight excluding hydrogens is 186 g/mol. The first-order valence-electron chi connectivity index (χ1n) is 5.81. The van der Waals surface area contributed by atoms with Gasteiger partial charge in [-0.15, -0.1) is 0 Å². The molecule has 0 saturated heterocycles. The van der Waals surface area contributed by atoms with Crippen molar-refractivity contribution in [3.63, 3.8) is 0 Å². The predicted octanol–water partition coefficient (Wildman–Crippen LogP) is 2.96. The number of aliphatic hydroxyl groups is 1. The number of rotatable bonds is 6. The van der Waals surface area contributed by atoms with E-state index in [2.05, 4.69) is 18.8 Å². The fourth-order valence-electron chi connectivity index (χ4n) is 2.12. The molecule has 0 radical (unpaired) electrons. The van der Waals surface area contributed by atoms with Crippen LogP contribution in [0.3, 0.4) is 0 Å². The van der Waals surface area contributed by atoms with E-state index in [1.54, 1.807) is 6.20 Å². The van der Waals surface area contributed by atoms with Gasteiger partial charge in [0.2, 0.25) is 0 Å². The van der Waals surface area contributed by atoms with Gasteiger partial charge in [-0.2, -0.15) is 0 Å². The molecule has 84 valence electrons. The van der Waals surface area contributed by atoms with E-state index in [0.717, 1.165) is 37.7 Å². The fraction of sp³-hybridized carbons (Fsp3) is 0.615. The van der Waals surface area contributed by atoms with Crippen molar-refractivity contribution in [3.8, 4) is 0 Å². The summed E-state index contributed by atoms with van der Waals surface area (Å²) in [6.07, 6.45) is 8.12. The summed E-state index contributed by atoms with van der Waals surface area (Å²) in [5.74, 6) is 0. The zero-order valence-corrected chi connectivity index (χ0v) is 9.74. The van der Waals surface area contributed by atoms with Gasteiger partial charge in [0.1, 0.15) is 0 Å². The second-order valence-electron chi connectivity index (χ2n) is 4.26. The summed E-state index contributed by atoms with van der Waals surface area (Å²) >= 11 is 0. The van der Waals surface area contributed by atoms with E-state index in [1.807, 2.05) is 18.3 Å². The number of hydrogen-bond donors (Lipinski definition) is 1. The van der Waals surface area contributed by atoms with Crippen molar-refractivity contribution in [2.24, 2.45) is 0 Å². The van der Waals surface area contributed by atoms with Crippen LogP contribution in [0.2, 0.25) is 0 Å². The van der Waals surface area contributed by atoms with Gasteiger partial charge in [-0.05, 0) is 24.5 Å². The highest BCUT2D eigenvalue weighted by molar-refractivity contribution is 5.11. The van der Waals surface area contributed by atoms with Crippen molar-refractivity contribution in [2.45, 2.75) is 51.6 Å². The summed E-state index contributed by atoms with van der Waals surface area (Å²) in [6, 6.07) is 3.96. The number of hydrogen-bond acceptors (Lipinski definition) is 2. The first-order chi connectivity index (χ1) is 7.20. The average molecular weight is 207 g/mol.